The first-order valence-electron chi connectivity index (χ1n) is 7.88. The second kappa shape index (κ2) is 9.88. The van der Waals surface area contributed by atoms with Crippen molar-refractivity contribution in [3.05, 3.63) is 29.8 Å². The van der Waals surface area contributed by atoms with Crippen LogP contribution in [-0.4, -0.2) is 51.9 Å². The van der Waals surface area contributed by atoms with Crippen LogP contribution in [0, 0.1) is 6.92 Å². The molecule has 10 heteroatoms. The summed E-state index contributed by atoms with van der Waals surface area (Å²) in [4.78, 5) is 34.4. The third-order valence-electron chi connectivity index (χ3n) is 3.00. The molecule has 1 rings (SSSR count). The summed E-state index contributed by atoms with van der Waals surface area (Å²) < 4.78 is 30.8. The first-order valence-corrected chi connectivity index (χ1v) is 9.36. The van der Waals surface area contributed by atoms with Gasteiger partial charge in [0.05, 0.1) is 11.4 Å². The number of carbonyl (C=O) groups excluding carboxylic acids is 3. The number of esters is 1. The number of hydrogen-bond acceptors (Lipinski definition) is 6. The van der Waals surface area contributed by atoms with E-state index >= 15 is 0 Å². The lowest BCUT2D eigenvalue weighted by Gasteiger charge is -2.10. The Hall–Kier alpha value is -2.46. The average molecular weight is 385 g/mol. The van der Waals surface area contributed by atoms with Gasteiger partial charge in [0.1, 0.15) is 6.54 Å². The van der Waals surface area contributed by atoms with Crippen molar-refractivity contribution in [3.63, 3.8) is 0 Å². The van der Waals surface area contributed by atoms with Gasteiger partial charge in [0.15, 0.2) is 6.61 Å². The molecule has 0 aliphatic heterocycles. The van der Waals surface area contributed by atoms with Crippen molar-refractivity contribution in [2.45, 2.75) is 31.7 Å². The number of rotatable bonds is 9. The van der Waals surface area contributed by atoms with Crippen LogP contribution in [0.15, 0.2) is 29.2 Å². The molecule has 0 saturated heterocycles. The van der Waals surface area contributed by atoms with Gasteiger partial charge < -0.3 is 15.4 Å². The maximum Gasteiger partial charge on any atom is 0.321 e. The van der Waals surface area contributed by atoms with Gasteiger partial charge in [-0.2, -0.15) is 4.72 Å². The van der Waals surface area contributed by atoms with Crippen LogP contribution in [0.25, 0.3) is 0 Å². The van der Waals surface area contributed by atoms with Crippen molar-refractivity contribution in [1.29, 1.82) is 0 Å². The summed E-state index contributed by atoms with van der Waals surface area (Å²) in [5.41, 5.74) is 0.899. The van der Waals surface area contributed by atoms with Crippen molar-refractivity contribution in [2.24, 2.45) is 0 Å². The number of ether oxygens (including phenoxy) is 1. The highest BCUT2D eigenvalue weighted by Crippen LogP contribution is 2.09. The summed E-state index contributed by atoms with van der Waals surface area (Å²) in [6, 6.07) is 6.04. The van der Waals surface area contributed by atoms with E-state index in [-0.39, 0.29) is 23.4 Å². The molecular weight excluding hydrogens is 362 g/mol. The molecule has 1 aromatic rings. The predicted octanol–water partition coefficient (Wildman–Crippen LogP) is -0.543. The summed E-state index contributed by atoms with van der Waals surface area (Å²) in [5.74, 6) is -1.95. The molecule has 0 aromatic heterocycles. The lowest BCUT2D eigenvalue weighted by molar-refractivity contribution is -0.147. The molecule has 144 valence electrons. The van der Waals surface area contributed by atoms with E-state index in [0.717, 1.165) is 5.56 Å². The number of carbonyl (C=O) groups is 3. The smallest absolute Gasteiger partial charge is 0.321 e. The zero-order valence-electron chi connectivity index (χ0n) is 14.9. The molecule has 1 aromatic carbocycles. The van der Waals surface area contributed by atoms with Crippen LogP contribution in [0.5, 0.6) is 0 Å². The van der Waals surface area contributed by atoms with Gasteiger partial charge in [-0.15, -0.1) is 0 Å². The fraction of sp³-hybridized carbons (Fsp3) is 0.438. The molecule has 0 aliphatic carbocycles. The van der Waals surface area contributed by atoms with Crippen LogP contribution in [0.2, 0.25) is 0 Å². The summed E-state index contributed by atoms with van der Waals surface area (Å²) in [6.45, 7) is 3.91. The first kappa shape index (κ1) is 21.6. The largest absolute Gasteiger partial charge is 0.455 e. The molecule has 26 heavy (non-hydrogen) atoms. The molecule has 0 spiro atoms. The van der Waals surface area contributed by atoms with Gasteiger partial charge in [0, 0.05) is 6.04 Å². The van der Waals surface area contributed by atoms with Gasteiger partial charge in [-0.1, -0.05) is 17.7 Å². The molecule has 0 unspecified atom stereocenters. The van der Waals surface area contributed by atoms with Crippen LogP contribution in [0.1, 0.15) is 19.4 Å². The zero-order chi connectivity index (χ0) is 19.7. The van der Waals surface area contributed by atoms with Crippen LogP contribution in [-0.2, 0) is 29.1 Å². The van der Waals surface area contributed by atoms with Crippen molar-refractivity contribution < 1.29 is 27.5 Å². The Morgan fingerprint density at radius 1 is 1.04 bits per heavy atom. The number of amides is 2. The zero-order valence-corrected chi connectivity index (χ0v) is 15.7. The Balaban J connectivity index is 2.34. The van der Waals surface area contributed by atoms with Crippen molar-refractivity contribution in [3.8, 4) is 0 Å². The number of aryl methyl sites for hydroxylation is 1. The van der Waals surface area contributed by atoms with E-state index in [2.05, 4.69) is 20.1 Å². The number of nitrogens with one attached hydrogen (secondary N) is 3. The van der Waals surface area contributed by atoms with Crippen LogP contribution in [0.3, 0.4) is 0 Å². The predicted molar refractivity (Wildman–Crippen MR) is 93.6 cm³/mol. The van der Waals surface area contributed by atoms with Gasteiger partial charge in [-0.05, 0) is 32.9 Å². The normalized spacial score (nSPS) is 11.1. The average Bonchev–Trinajstić information content (AvgIpc) is 2.56. The molecule has 0 radical (unpaired) electrons. The molecule has 0 heterocycles. The van der Waals surface area contributed by atoms with E-state index in [1.807, 2.05) is 6.92 Å². The minimum absolute atomic E-state index is 0.0183. The molecule has 3 N–H and O–H groups in total. The van der Waals surface area contributed by atoms with Crippen molar-refractivity contribution in [1.82, 2.24) is 15.4 Å². The molecule has 0 fully saturated rings. The van der Waals surface area contributed by atoms with Gasteiger partial charge in [0.25, 0.3) is 5.91 Å². The Bertz CT molecular complexity index is 744. The Labute approximate surface area is 152 Å². The Morgan fingerprint density at radius 3 is 2.23 bits per heavy atom. The fourth-order valence-electron chi connectivity index (χ4n) is 1.75. The molecule has 0 bridgehead atoms. The molecule has 2 amide bonds. The third kappa shape index (κ3) is 8.08. The molecule has 9 nitrogen and oxygen atoms in total. The standard InChI is InChI=1S/C16H23N3O6S/c1-11(2)19-14(20)8-17-15(21)10-25-16(22)9-18-26(23,24)13-6-4-12(3)5-7-13/h4-7,11,18H,8-10H2,1-3H3,(H,17,21)(H,19,20). The van der Waals surface area contributed by atoms with E-state index < -0.39 is 35.1 Å². The number of benzene rings is 1. The molecule has 0 aliphatic rings. The number of sulfonamides is 1. The van der Waals surface area contributed by atoms with Crippen LogP contribution in [0.4, 0.5) is 0 Å². The Morgan fingerprint density at radius 2 is 1.65 bits per heavy atom. The minimum atomic E-state index is -3.85. The quantitative estimate of drug-likeness (QED) is 0.489. The van der Waals surface area contributed by atoms with E-state index in [1.54, 1.807) is 26.0 Å². The summed E-state index contributed by atoms with van der Waals surface area (Å²) in [5, 5.41) is 4.86. The SMILES string of the molecule is Cc1ccc(S(=O)(=O)NCC(=O)OCC(=O)NCC(=O)NC(C)C)cc1. The van der Waals surface area contributed by atoms with Gasteiger partial charge >= 0.3 is 5.97 Å². The maximum absolute atomic E-state index is 12.0. The molecule has 0 atom stereocenters. The minimum Gasteiger partial charge on any atom is -0.455 e. The summed E-state index contributed by atoms with van der Waals surface area (Å²) >= 11 is 0. The van der Waals surface area contributed by atoms with Gasteiger partial charge in [0.2, 0.25) is 15.9 Å². The van der Waals surface area contributed by atoms with E-state index in [1.165, 1.54) is 12.1 Å². The van der Waals surface area contributed by atoms with E-state index in [0.29, 0.717) is 0 Å². The van der Waals surface area contributed by atoms with Crippen LogP contribution >= 0.6 is 0 Å². The highest BCUT2D eigenvalue weighted by Gasteiger charge is 2.16. The fourth-order valence-corrected chi connectivity index (χ4v) is 2.72. The third-order valence-corrected chi connectivity index (χ3v) is 4.41. The van der Waals surface area contributed by atoms with Crippen molar-refractivity contribution in [2.75, 3.05) is 19.7 Å². The summed E-state index contributed by atoms with van der Waals surface area (Å²) in [6.07, 6.45) is 0. The highest BCUT2D eigenvalue weighted by atomic mass is 32.2. The molecule has 0 saturated carbocycles. The second-order valence-corrected chi connectivity index (χ2v) is 7.56. The topological polar surface area (TPSA) is 131 Å². The first-order chi connectivity index (χ1) is 12.1. The molecular formula is C16H23N3O6S. The Kier molecular flexibility index (Phi) is 8.20. The highest BCUT2D eigenvalue weighted by molar-refractivity contribution is 7.89. The lowest BCUT2D eigenvalue weighted by atomic mass is 10.2. The van der Waals surface area contributed by atoms with Gasteiger partial charge in [-0.3, -0.25) is 14.4 Å². The second-order valence-electron chi connectivity index (χ2n) is 5.80. The number of hydrogen-bond donors (Lipinski definition) is 3. The van der Waals surface area contributed by atoms with E-state index in [9.17, 15) is 22.8 Å². The lowest BCUT2D eigenvalue weighted by Crippen LogP contribution is -2.41. The van der Waals surface area contributed by atoms with Gasteiger partial charge in [-0.25, -0.2) is 8.42 Å². The van der Waals surface area contributed by atoms with E-state index in [4.69, 9.17) is 0 Å². The monoisotopic (exact) mass is 385 g/mol. The van der Waals surface area contributed by atoms with Crippen molar-refractivity contribution >= 4 is 27.8 Å². The maximum atomic E-state index is 12.0. The van der Waals surface area contributed by atoms with Crippen LogP contribution < -0.4 is 15.4 Å². The summed E-state index contributed by atoms with van der Waals surface area (Å²) in [7, 11) is -3.85.